The van der Waals surface area contributed by atoms with Crippen LogP contribution in [0.1, 0.15) is 21.9 Å². The lowest BCUT2D eigenvalue weighted by Crippen LogP contribution is -2.08. The van der Waals surface area contributed by atoms with Crippen LogP contribution in [0.3, 0.4) is 0 Å². The van der Waals surface area contributed by atoms with Crippen molar-refractivity contribution in [3.8, 4) is 11.1 Å². The zero-order valence-electron chi connectivity index (χ0n) is 14.2. The Morgan fingerprint density at radius 3 is 2.96 bits per heavy atom. The van der Waals surface area contributed by atoms with Gasteiger partial charge >= 0.3 is 5.97 Å². The largest absolute Gasteiger partial charge is 0.477 e. The lowest BCUT2D eigenvalue weighted by molar-refractivity contribution is 0.0686. The van der Waals surface area contributed by atoms with E-state index in [9.17, 15) is 9.90 Å². The van der Waals surface area contributed by atoms with Gasteiger partial charge in [0.15, 0.2) is 0 Å². The van der Waals surface area contributed by atoms with Gasteiger partial charge in [0.25, 0.3) is 0 Å². The molecule has 3 heterocycles. The summed E-state index contributed by atoms with van der Waals surface area (Å²) in [6.07, 6.45) is 3.86. The fourth-order valence-electron chi connectivity index (χ4n) is 3.49. The van der Waals surface area contributed by atoms with E-state index in [4.69, 9.17) is 4.74 Å². The highest BCUT2D eigenvalue weighted by Gasteiger charge is 2.22. The molecule has 0 aliphatic carbocycles. The Kier molecular flexibility index (Phi) is 3.69. The molecule has 0 saturated carbocycles. The van der Waals surface area contributed by atoms with Crippen LogP contribution in [-0.4, -0.2) is 32.0 Å². The van der Waals surface area contributed by atoms with Gasteiger partial charge in [0.05, 0.1) is 24.4 Å². The average molecular weight is 337 g/mol. The molecule has 0 radical (unpaired) electrons. The molecular formula is C19H19N3O3. The molecule has 0 unspecified atom stereocenters. The molecule has 0 fully saturated rings. The molecule has 0 atom stereocenters. The Bertz CT molecular complexity index is 1010. The smallest absolute Gasteiger partial charge is 0.352 e. The van der Waals surface area contributed by atoms with Crippen molar-refractivity contribution in [3.63, 3.8) is 0 Å². The van der Waals surface area contributed by atoms with Crippen molar-refractivity contribution in [1.29, 1.82) is 0 Å². The van der Waals surface area contributed by atoms with E-state index >= 15 is 0 Å². The fourth-order valence-corrected chi connectivity index (χ4v) is 3.49. The third-order valence-electron chi connectivity index (χ3n) is 4.72. The van der Waals surface area contributed by atoms with Gasteiger partial charge < -0.3 is 14.4 Å². The van der Waals surface area contributed by atoms with Crippen molar-refractivity contribution in [2.24, 2.45) is 7.05 Å². The summed E-state index contributed by atoms with van der Waals surface area (Å²) < 4.78 is 9.42. The molecule has 4 rings (SSSR count). The van der Waals surface area contributed by atoms with Crippen molar-refractivity contribution < 1.29 is 14.6 Å². The summed E-state index contributed by atoms with van der Waals surface area (Å²) in [6.45, 7) is 3.40. The van der Waals surface area contributed by atoms with E-state index < -0.39 is 5.97 Å². The van der Waals surface area contributed by atoms with Crippen molar-refractivity contribution in [2.45, 2.75) is 20.1 Å². The Morgan fingerprint density at radius 2 is 2.16 bits per heavy atom. The number of hydrogen-bond donors (Lipinski definition) is 1. The van der Waals surface area contributed by atoms with Gasteiger partial charge in [-0.3, -0.25) is 4.68 Å². The van der Waals surface area contributed by atoms with Crippen molar-refractivity contribution in [1.82, 2.24) is 14.3 Å². The highest BCUT2D eigenvalue weighted by molar-refractivity contribution is 6.01. The van der Waals surface area contributed by atoms with Crippen LogP contribution in [0.25, 0.3) is 22.0 Å². The zero-order chi connectivity index (χ0) is 17.6. The Hall–Kier alpha value is -2.86. The number of allylic oxidation sites excluding steroid dienone is 1. The van der Waals surface area contributed by atoms with Crippen molar-refractivity contribution in [2.75, 3.05) is 6.61 Å². The average Bonchev–Trinajstić information content (AvgIpc) is 3.08. The number of fused-ring (bicyclic) bond motifs is 2. The van der Waals surface area contributed by atoms with E-state index in [2.05, 4.69) is 5.10 Å². The number of rotatable bonds is 1. The van der Waals surface area contributed by atoms with E-state index in [0.717, 1.165) is 33.4 Å². The maximum absolute atomic E-state index is 11.7. The van der Waals surface area contributed by atoms with Gasteiger partial charge in [0.1, 0.15) is 5.69 Å². The summed E-state index contributed by atoms with van der Waals surface area (Å²) in [5.41, 5.74) is 5.12. The number of para-hydroxylation sites is 1. The molecule has 25 heavy (non-hydrogen) atoms. The minimum absolute atomic E-state index is 0.287. The number of ether oxygens (including phenoxy) is 1. The number of carbonyl (C=O) groups is 1. The second-order valence-electron chi connectivity index (χ2n) is 6.21. The van der Waals surface area contributed by atoms with Crippen molar-refractivity contribution >= 4 is 16.9 Å². The molecule has 1 aliphatic rings. The van der Waals surface area contributed by atoms with Crippen LogP contribution in [0.15, 0.2) is 36.4 Å². The Balaban J connectivity index is 2.11. The van der Waals surface area contributed by atoms with Gasteiger partial charge in [0, 0.05) is 35.8 Å². The predicted molar refractivity (Wildman–Crippen MR) is 94.6 cm³/mol. The summed E-state index contributed by atoms with van der Waals surface area (Å²) in [5.74, 6) is -0.926. The number of aromatic carboxylic acids is 1. The van der Waals surface area contributed by atoms with Gasteiger partial charge in [-0.2, -0.15) is 5.10 Å². The molecule has 3 aromatic rings. The lowest BCUT2D eigenvalue weighted by Gasteiger charge is -2.11. The first-order valence-corrected chi connectivity index (χ1v) is 8.19. The standard InChI is InChI=1S/C19H19N3O3/c1-12-17-14-7-5-6-13-10-16(19(23)24)22(18(13)14)8-3-4-9-25-11-15(17)20-21(12)2/h3-7,10H,8-9,11H2,1-2H3,(H,23,24)/b4-3-. The van der Waals surface area contributed by atoms with Crippen LogP contribution in [0.4, 0.5) is 0 Å². The molecule has 0 spiro atoms. The molecule has 0 amide bonds. The number of benzene rings is 1. The monoisotopic (exact) mass is 337 g/mol. The van der Waals surface area contributed by atoms with E-state index in [1.165, 1.54) is 0 Å². The topological polar surface area (TPSA) is 69.3 Å². The second-order valence-corrected chi connectivity index (χ2v) is 6.21. The number of aromatic nitrogens is 3. The van der Waals surface area contributed by atoms with E-state index in [1.54, 1.807) is 6.07 Å². The van der Waals surface area contributed by atoms with Gasteiger partial charge in [-0.15, -0.1) is 0 Å². The van der Waals surface area contributed by atoms with Gasteiger partial charge in [0.2, 0.25) is 0 Å². The van der Waals surface area contributed by atoms with Crippen LogP contribution in [0.5, 0.6) is 0 Å². The van der Waals surface area contributed by atoms with Crippen LogP contribution in [0.2, 0.25) is 0 Å². The van der Waals surface area contributed by atoms with Crippen molar-refractivity contribution in [3.05, 3.63) is 53.5 Å². The normalized spacial score (nSPS) is 15.6. The maximum atomic E-state index is 11.7. The number of hydrogen-bond acceptors (Lipinski definition) is 3. The summed E-state index contributed by atoms with van der Waals surface area (Å²) >= 11 is 0. The Morgan fingerprint density at radius 1 is 1.32 bits per heavy atom. The van der Waals surface area contributed by atoms with Crippen LogP contribution >= 0.6 is 0 Å². The molecule has 1 aromatic carbocycles. The first kappa shape index (κ1) is 15.7. The predicted octanol–water partition coefficient (Wildman–Crippen LogP) is 3.13. The maximum Gasteiger partial charge on any atom is 0.352 e. The van der Waals surface area contributed by atoms with Gasteiger partial charge in [-0.1, -0.05) is 30.4 Å². The second kappa shape index (κ2) is 5.89. The first-order valence-electron chi connectivity index (χ1n) is 8.19. The number of nitrogens with zero attached hydrogens (tertiary/aromatic N) is 3. The Labute approximate surface area is 144 Å². The molecule has 0 bridgehead atoms. The molecule has 1 N–H and O–H groups in total. The quantitative estimate of drug-likeness (QED) is 0.693. The van der Waals surface area contributed by atoms with Crippen LogP contribution in [0, 0.1) is 6.92 Å². The number of carboxylic acid groups (broad SMARTS) is 1. The minimum atomic E-state index is -0.926. The summed E-state index contributed by atoms with van der Waals surface area (Å²) in [4.78, 5) is 11.7. The SMILES string of the molecule is Cc1c2c(nn1C)COC/C=C\Cn1c(C(=O)O)cc3cccc-2c31. The highest BCUT2D eigenvalue weighted by atomic mass is 16.5. The molecule has 128 valence electrons. The molecule has 6 nitrogen and oxygen atoms in total. The van der Waals surface area contributed by atoms with E-state index in [-0.39, 0.29) is 5.69 Å². The molecule has 2 aromatic heterocycles. The van der Waals surface area contributed by atoms with E-state index in [0.29, 0.717) is 19.8 Å². The fraction of sp³-hybridized carbons (Fsp3) is 0.263. The minimum Gasteiger partial charge on any atom is -0.477 e. The zero-order valence-corrected chi connectivity index (χ0v) is 14.2. The van der Waals surface area contributed by atoms with Crippen LogP contribution < -0.4 is 0 Å². The van der Waals surface area contributed by atoms with Crippen LogP contribution in [-0.2, 0) is 24.9 Å². The van der Waals surface area contributed by atoms with E-state index in [1.807, 2.05) is 53.6 Å². The lowest BCUT2D eigenvalue weighted by atomic mass is 10.0. The third kappa shape index (κ3) is 2.46. The summed E-state index contributed by atoms with van der Waals surface area (Å²) in [6, 6.07) is 7.68. The van der Waals surface area contributed by atoms with Gasteiger partial charge in [-0.25, -0.2) is 4.79 Å². The third-order valence-corrected chi connectivity index (χ3v) is 4.72. The summed E-state index contributed by atoms with van der Waals surface area (Å²) in [7, 11) is 1.91. The molecule has 6 heteroatoms. The first-order chi connectivity index (χ1) is 12.1. The molecule has 0 saturated heterocycles. The molecule has 1 aliphatic heterocycles. The number of carboxylic acids is 1. The highest BCUT2D eigenvalue weighted by Crippen LogP contribution is 2.35. The van der Waals surface area contributed by atoms with Gasteiger partial charge in [-0.05, 0) is 13.0 Å². The number of aryl methyl sites for hydroxylation is 1. The molecular weight excluding hydrogens is 318 g/mol. The summed E-state index contributed by atoms with van der Waals surface area (Å²) in [5, 5.41) is 15.1.